The van der Waals surface area contributed by atoms with Crippen molar-refractivity contribution < 1.29 is 38.0 Å². The summed E-state index contributed by atoms with van der Waals surface area (Å²) in [6, 6.07) is 19.1. The van der Waals surface area contributed by atoms with Crippen molar-refractivity contribution in [2.24, 2.45) is 14.1 Å². The molecule has 3 aromatic carbocycles. The van der Waals surface area contributed by atoms with E-state index in [1.807, 2.05) is 18.2 Å². The van der Waals surface area contributed by atoms with Crippen molar-refractivity contribution >= 4 is 32.6 Å². The summed E-state index contributed by atoms with van der Waals surface area (Å²) in [7, 11) is 7.66. The Morgan fingerprint density at radius 1 is 0.774 bits per heavy atom. The van der Waals surface area contributed by atoms with Crippen LogP contribution in [0.4, 0.5) is 0 Å². The molecular weight excluding hydrogens is 499 g/mol. The van der Waals surface area contributed by atoms with Crippen molar-refractivity contribution in [1.29, 1.82) is 0 Å². The maximum atomic E-state index is 5.51. The van der Waals surface area contributed by atoms with Crippen LogP contribution in [0.25, 0.3) is 43.8 Å². The molecule has 0 aliphatic carbocycles. The van der Waals surface area contributed by atoms with Crippen LogP contribution in [0.2, 0.25) is 0 Å². The Morgan fingerprint density at radius 2 is 1.45 bits per heavy atom. The highest BCUT2D eigenvalue weighted by atomic mass is 127. The number of aromatic nitrogens is 2. The summed E-state index contributed by atoms with van der Waals surface area (Å²) in [4.78, 5) is 0. The van der Waals surface area contributed by atoms with Crippen LogP contribution < -0.4 is 38.0 Å². The fraction of sp³-hybridized carbons (Fsp3) is 0.192. The van der Waals surface area contributed by atoms with Gasteiger partial charge in [0.15, 0.2) is 6.20 Å². The van der Waals surface area contributed by atoms with E-state index >= 15 is 0 Å². The molecule has 0 bridgehead atoms. The van der Waals surface area contributed by atoms with Gasteiger partial charge >= 0.3 is 0 Å². The minimum atomic E-state index is 0. The number of benzene rings is 3. The third-order valence-corrected chi connectivity index (χ3v) is 6.22. The highest BCUT2D eigenvalue weighted by Crippen LogP contribution is 2.38. The number of hydrogen-bond donors (Lipinski definition) is 0. The zero-order valence-electron chi connectivity index (χ0n) is 18.4. The van der Waals surface area contributed by atoms with Crippen LogP contribution in [-0.2, 0) is 14.1 Å². The van der Waals surface area contributed by atoms with Gasteiger partial charge in [0.2, 0.25) is 5.69 Å². The van der Waals surface area contributed by atoms with Crippen LogP contribution in [0.15, 0.2) is 60.8 Å². The molecule has 158 valence electrons. The second kappa shape index (κ2) is 8.04. The molecule has 5 heteroatoms. The van der Waals surface area contributed by atoms with Gasteiger partial charge in [-0.3, -0.25) is 0 Å². The third-order valence-electron chi connectivity index (χ3n) is 6.22. The number of rotatable bonds is 3. The highest BCUT2D eigenvalue weighted by Gasteiger charge is 2.20. The number of aryl methyl sites for hydroxylation is 3. The van der Waals surface area contributed by atoms with Crippen LogP contribution in [0.3, 0.4) is 0 Å². The smallest absolute Gasteiger partial charge is 0.220 e. The van der Waals surface area contributed by atoms with Crippen molar-refractivity contribution in [3.63, 3.8) is 0 Å². The predicted octanol–water partition coefficient (Wildman–Crippen LogP) is 2.31. The number of ether oxygens (including phenoxy) is 2. The molecule has 0 fully saturated rings. The monoisotopic (exact) mass is 524 g/mol. The lowest BCUT2D eigenvalue weighted by Crippen LogP contribution is -3.00. The molecule has 2 aromatic heterocycles. The topological polar surface area (TPSA) is 27.3 Å². The SMILES string of the molecule is COc1ccc(-c2c3cc4c5cc(OC)ccc5n(C)c4c(C)c3cc[n+]2C)cc1.[I-]. The Balaban J connectivity index is 0.00000231. The predicted molar refractivity (Wildman–Crippen MR) is 122 cm³/mol. The van der Waals surface area contributed by atoms with Gasteiger partial charge in [0, 0.05) is 35.0 Å². The lowest BCUT2D eigenvalue weighted by molar-refractivity contribution is -0.659. The molecule has 0 radical (unpaired) electrons. The van der Waals surface area contributed by atoms with Gasteiger partial charge < -0.3 is 38.0 Å². The van der Waals surface area contributed by atoms with E-state index in [0.717, 1.165) is 11.5 Å². The Morgan fingerprint density at radius 3 is 2.13 bits per heavy atom. The van der Waals surface area contributed by atoms with E-state index in [4.69, 9.17) is 9.47 Å². The molecule has 0 unspecified atom stereocenters. The van der Waals surface area contributed by atoms with Gasteiger partial charge in [-0.1, -0.05) is 0 Å². The first-order chi connectivity index (χ1) is 14.5. The Labute approximate surface area is 199 Å². The number of fused-ring (bicyclic) bond motifs is 4. The first-order valence-electron chi connectivity index (χ1n) is 10.1. The second-order valence-corrected chi connectivity index (χ2v) is 7.80. The normalized spacial score (nSPS) is 11.1. The van der Waals surface area contributed by atoms with Crippen molar-refractivity contribution in [3.05, 3.63) is 66.4 Å². The standard InChI is InChI=1S/C26H25N2O2.HI/c1-16-20-12-13-27(2)26(17-6-8-18(29-4)9-7-17)22(20)15-23-21-14-19(30-5)10-11-24(21)28(3)25(16)23;/h6-15H,1-5H3;1H/q+1;/p-1. The van der Waals surface area contributed by atoms with Crippen molar-refractivity contribution in [3.8, 4) is 22.8 Å². The van der Waals surface area contributed by atoms with E-state index in [1.54, 1.807) is 14.2 Å². The molecule has 0 aliphatic rings. The van der Waals surface area contributed by atoms with E-state index in [1.165, 1.54) is 49.4 Å². The molecule has 0 atom stereocenters. The van der Waals surface area contributed by atoms with Crippen molar-refractivity contribution in [1.82, 2.24) is 4.57 Å². The summed E-state index contributed by atoms with van der Waals surface area (Å²) in [5.41, 5.74) is 6.12. The number of nitrogens with zero attached hydrogens (tertiary/aromatic N) is 2. The Kier molecular flexibility index (Phi) is 5.56. The summed E-state index contributed by atoms with van der Waals surface area (Å²) in [5, 5.41) is 4.97. The molecule has 0 saturated heterocycles. The second-order valence-electron chi connectivity index (χ2n) is 7.80. The number of pyridine rings is 1. The molecule has 2 heterocycles. The summed E-state index contributed by atoms with van der Waals surface area (Å²) in [6.45, 7) is 2.22. The molecule has 0 N–H and O–H groups in total. The quantitative estimate of drug-likeness (QED) is 0.268. The van der Waals surface area contributed by atoms with E-state index in [9.17, 15) is 0 Å². The maximum absolute atomic E-state index is 5.51. The molecule has 5 aromatic rings. The fourth-order valence-electron chi connectivity index (χ4n) is 4.70. The molecule has 0 saturated carbocycles. The van der Waals surface area contributed by atoms with Crippen molar-refractivity contribution in [2.75, 3.05) is 14.2 Å². The first kappa shape index (κ1) is 21.4. The average molecular weight is 524 g/mol. The van der Waals surface area contributed by atoms with E-state index < -0.39 is 0 Å². The van der Waals surface area contributed by atoms with E-state index in [-0.39, 0.29) is 24.0 Å². The van der Waals surface area contributed by atoms with Gasteiger partial charge in [-0.25, -0.2) is 4.57 Å². The van der Waals surface area contributed by atoms with Crippen molar-refractivity contribution in [2.45, 2.75) is 6.92 Å². The third kappa shape index (κ3) is 3.22. The van der Waals surface area contributed by atoms with Crippen LogP contribution >= 0.6 is 0 Å². The molecule has 4 nitrogen and oxygen atoms in total. The lowest BCUT2D eigenvalue weighted by Gasteiger charge is -2.10. The fourth-order valence-corrected chi connectivity index (χ4v) is 4.70. The summed E-state index contributed by atoms with van der Waals surface area (Å²) < 4.78 is 15.3. The summed E-state index contributed by atoms with van der Waals surface area (Å²) >= 11 is 0. The maximum Gasteiger partial charge on any atom is 0.220 e. The number of hydrogen-bond acceptors (Lipinski definition) is 2. The summed E-state index contributed by atoms with van der Waals surface area (Å²) in [6.07, 6.45) is 2.15. The average Bonchev–Trinajstić information content (AvgIpc) is 3.05. The lowest BCUT2D eigenvalue weighted by atomic mass is 9.97. The van der Waals surface area contributed by atoms with Crippen LogP contribution in [-0.4, -0.2) is 18.8 Å². The zero-order valence-corrected chi connectivity index (χ0v) is 20.5. The molecule has 31 heavy (non-hydrogen) atoms. The molecule has 0 spiro atoms. The minimum Gasteiger partial charge on any atom is -1.00 e. The number of methoxy groups -OCH3 is 2. The van der Waals surface area contributed by atoms with Crippen LogP contribution in [0, 0.1) is 6.92 Å². The van der Waals surface area contributed by atoms with Gasteiger partial charge in [0.1, 0.15) is 18.5 Å². The zero-order chi connectivity index (χ0) is 21.0. The summed E-state index contributed by atoms with van der Waals surface area (Å²) in [5.74, 6) is 1.74. The van der Waals surface area contributed by atoms with Gasteiger partial charge in [0.25, 0.3) is 0 Å². The molecule has 0 aliphatic heterocycles. The van der Waals surface area contributed by atoms with Gasteiger partial charge in [0.05, 0.1) is 25.1 Å². The Bertz CT molecular complexity index is 1440. The molecule has 0 amide bonds. The van der Waals surface area contributed by atoms with Crippen LogP contribution in [0.1, 0.15) is 5.56 Å². The highest BCUT2D eigenvalue weighted by molar-refractivity contribution is 6.16. The molecular formula is C26H25IN2O2. The van der Waals surface area contributed by atoms with Gasteiger partial charge in [-0.05, 0) is 66.4 Å². The number of halogens is 1. The van der Waals surface area contributed by atoms with Gasteiger partial charge in [-0.2, -0.15) is 0 Å². The van der Waals surface area contributed by atoms with Gasteiger partial charge in [-0.15, -0.1) is 0 Å². The molecule has 5 rings (SSSR count). The van der Waals surface area contributed by atoms with Crippen LogP contribution in [0.5, 0.6) is 11.5 Å². The minimum absolute atomic E-state index is 0. The Hall–Kier alpha value is -2.80. The van der Waals surface area contributed by atoms with E-state index in [2.05, 4.69) is 72.7 Å². The van der Waals surface area contributed by atoms with E-state index in [0.29, 0.717) is 0 Å². The largest absolute Gasteiger partial charge is 1.00 e. The first-order valence-corrected chi connectivity index (χ1v) is 10.1.